The highest BCUT2D eigenvalue weighted by atomic mass is 127. The average molecular weight is 361 g/mol. The van der Waals surface area contributed by atoms with Gasteiger partial charge in [-0.25, -0.2) is 9.50 Å². The van der Waals surface area contributed by atoms with Crippen molar-refractivity contribution in [2.75, 3.05) is 5.73 Å². The van der Waals surface area contributed by atoms with Crippen molar-refractivity contribution in [2.24, 2.45) is 0 Å². The summed E-state index contributed by atoms with van der Waals surface area (Å²) in [4.78, 5) is 4.26. The van der Waals surface area contributed by atoms with Crippen LogP contribution < -0.4 is 5.73 Å². The lowest BCUT2D eigenvalue weighted by molar-refractivity contribution is 0.945. The van der Waals surface area contributed by atoms with Crippen LogP contribution in [0.1, 0.15) is 5.56 Å². The quantitative estimate of drug-likeness (QED) is 0.676. The number of aromatic nitrogens is 3. The SMILES string of the molecule is N#Cc1ccccc1-c1nn2ccc(N)nc2c1I. The number of fused-ring (bicyclic) bond motifs is 1. The Balaban J connectivity index is 2.32. The smallest absolute Gasteiger partial charge is 0.171 e. The molecule has 0 saturated heterocycles. The first-order valence-corrected chi connectivity index (χ1v) is 6.58. The van der Waals surface area contributed by atoms with E-state index in [1.54, 1.807) is 22.8 Å². The van der Waals surface area contributed by atoms with Crippen molar-refractivity contribution in [2.45, 2.75) is 0 Å². The fourth-order valence-corrected chi connectivity index (χ4v) is 2.64. The minimum atomic E-state index is 0.449. The lowest BCUT2D eigenvalue weighted by Gasteiger charge is -1.99. The highest BCUT2D eigenvalue weighted by Crippen LogP contribution is 2.29. The number of halogens is 1. The predicted octanol–water partition coefficient (Wildman–Crippen LogP) is 2.45. The highest BCUT2D eigenvalue weighted by molar-refractivity contribution is 14.1. The van der Waals surface area contributed by atoms with E-state index in [4.69, 9.17) is 11.0 Å². The van der Waals surface area contributed by atoms with Gasteiger partial charge in [0.2, 0.25) is 0 Å². The van der Waals surface area contributed by atoms with Crippen molar-refractivity contribution in [3.05, 3.63) is 45.7 Å². The van der Waals surface area contributed by atoms with Crippen LogP contribution in [0, 0.1) is 14.9 Å². The van der Waals surface area contributed by atoms with E-state index >= 15 is 0 Å². The number of nitrogens with two attached hydrogens (primary N) is 1. The van der Waals surface area contributed by atoms with Crippen LogP contribution in [-0.4, -0.2) is 14.6 Å². The lowest BCUT2D eigenvalue weighted by Crippen LogP contribution is -1.94. The molecular weight excluding hydrogens is 353 g/mol. The van der Waals surface area contributed by atoms with E-state index in [2.05, 4.69) is 38.7 Å². The van der Waals surface area contributed by atoms with Gasteiger partial charge in [0.25, 0.3) is 0 Å². The van der Waals surface area contributed by atoms with Crippen LogP contribution in [0.15, 0.2) is 36.5 Å². The van der Waals surface area contributed by atoms with Gasteiger partial charge < -0.3 is 5.73 Å². The number of nitrogens with zero attached hydrogens (tertiary/aromatic N) is 4. The first-order chi connectivity index (χ1) is 9.20. The Morgan fingerprint density at radius 3 is 2.84 bits per heavy atom. The highest BCUT2D eigenvalue weighted by Gasteiger charge is 2.15. The normalized spacial score (nSPS) is 10.5. The van der Waals surface area contributed by atoms with Crippen molar-refractivity contribution in [3.63, 3.8) is 0 Å². The van der Waals surface area contributed by atoms with E-state index in [0.717, 1.165) is 14.8 Å². The number of hydrogen-bond acceptors (Lipinski definition) is 4. The summed E-state index contributed by atoms with van der Waals surface area (Å²) in [6.07, 6.45) is 1.76. The molecule has 5 nitrogen and oxygen atoms in total. The third kappa shape index (κ3) is 1.92. The van der Waals surface area contributed by atoms with Crippen molar-refractivity contribution >= 4 is 34.1 Å². The summed E-state index contributed by atoms with van der Waals surface area (Å²) in [5.74, 6) is 0.449. The molecule has 0 aliphatic rings. The Morgan fingerprint density at radius 2 is 2.05 bits per heavy atom. The van der Waals surface area contributed by atoms with Gasteiger partial charge in [-0.05, 0) is 34.7 Å². The van der Waals surface area contributed by atoms with Crippen molar-refractivity contribution in [1.29, 1.82) is 5.26 Å². The maximum absolute atomic E-state index is 9.17. The maximum Gasteiger partial charge on any atom is 0.171 e. The second kappa shape index (κ2) is 4.51. The van der Waals surface area contributed by atoms with Crippen LogP contribution in [0.5, 0.6) is 0 Å². The largest absolute Gasteiger partial charge is 0.384 e. The molecule has 0 unspecified atom stereocenters. The maximum atomic E-state index is 9.17. The Morgan fingerprint density at radius 1 is 1.26 bits per heavy atom. The van der Waals surface area contributed by atoms with Gasteiger partial charge in [-0.15, -0.1) is 0 Å². The van der Waals surface area contributed by atoms with Crippen LogP contribution >= 0.6 is 22.6 Å². The number of benzene rings is 1. The molecule has 0 fully saturated rings. The molecule has 19 heavy (non-hydrogen) atoms. The summed E-state index contributed by atoms with van der Waals surface area (Å²) in [6.45, 7) is 0. The Kier molecular flexibility index (Phi) is 2.83. The first kappa shape index (κ1) is 11.9. The van der Waals surface area contributed by atoms with Gasteiger partial charge >= 0.3 is 0 Å². The standard InChI is InChI=1S/C13H8IN5/c14-11-12(9-4-2-1-3-8(9)7-15)18-19-6-5-10(16)17-13(11)19/h1-6H,(H2,16,17). The fourth-order valence-electron chi connectivity index (χ4n) is 1.88. The molecule has 2 heterocycles. The number of anilines is 1. The number of nitriles is 1. The molecule has 3 rings (SSSR count). The minimum Gasteiger partial charge on any atom is -0.384 e. The van der Waals surface area contributed by atoms with Crippen LogP contribution in [-0.2, 0) is 0 Å². The lowest BCUT2D eigenvalue weighted by atomic mass is 10.1. The molecule has 0 aliphatic carbocycles. The van der Waals surface area contributed by atoms with E-state index in [-0.39, 0.29) is 0 Å². The molecule has 1 aromatic carbocycles. The second-order valence-electron chi connectivity index (χ2n) is 3.94. The minimum absolute atomic E-state index is 0.449. The predicted molar refractivity (Wildman–Crippen MR) is 80.3 cm³/mol. The zero-order valence-corrected chi connectivity index (χ0v) is 11.9. The number of hydrogen-bond donors (Lipinski definition) is 1. The molecule has 3 aromatic rings. The number of rotatable bonds is 1. The van der Waals surface area contributed by atoms with Crippen LogP contribution in [0.3, 0.4) is 0 Å². The average Bonchev–Trinajstić information content (AvgIpc) is 2.76. The molecule has 0 spiro atoms. The summed E-state index contributed by atoms with van der Waals surface area (Å²) in [5, 5.41) is 13.6. The van der Waals surface area contributed by atoms with E-state index in [9.17, 15) is 0 Å². The molecular formula is C13H8IN5. The van der Waals surface area contributed by atoms with Gasteiger partial charge in [-0.2, -0.15) is 10.4 Å². The van der Waals surface area contributed by atoms with Gasteiger partial charge in [0.15, 0.2) is 5.65 Å². The van der Waals surface area contributed by atoms with Crippen molar-refractivity contribution in [1.82, 2.24) is 14.6 Å². The summed E-state index contributed by atoms with van der Waals surface area (Å²) >= 11 is 2.18. The molecule has 0 radical (unpaired) electrons. The molecule has 2 aromatic heterocycles. The van der Waals surface area contributed by atoms with E-state index < -0.39 is 0 Å². The van der Waals surface area contributed by atoms with E-state index in [0.29, 0.717) is 17.0 Å². The van der Waals surface area contributed by atoms with Crippen molar-refractivity contribution < 1.29 is 0 Å². The molecule has 0 atom stereocenters. The summed E-state index contributed by atoms with van der Waals surface area (Å²) in [7, 11) is 0. The third-order valence-corrected chi connectivity index (χ3v) is 3.75. The van der Waals surface area contributed by atoms with E-state index in [1.807, 2.05) is 18.2 Å². The Hall–Kier alpha value is -2.14. The topological polar surface area (TPSA) is 80.0 Å². The summed E-state index contributed by atoms with van der Waals surface area (Å²) in [5.41, 5.74) is 8.53. The van der Waals surface area contributed by atoms with Crippen LogP contribution in [0.4, 0.5) is 5.82 Å². The third-order valence-electron chi connectivity index (χ3n) is 2.75. The van der Waals surface area contributed by atoms with E-state index in [1.165, 1.54) is 0 Å². The first-order valence-electron chi connectivity index (χ1n) is 5.50. The zero-order chi connectivity index (χ0) is 13.4. The van der Waals surface area contributed by atoms with Crippen LogP contribution in [0.25, 0.3) is 16.9 Å². The molecule has 0 saturated carbocycles. The summed E-state index contributed by atoms with van der Waals surface area (Å²) in [6, 6.07) is 11.2. The molecule has 2 N–H and O–H groups in total. The Bertz CT molecular complexity index is 816. The second-order valence-corrected chi connectivity index (χ2v) is 5.02. The monoisotopic (exact) mass is 361 g/mol. The van der Waals surface area contributed by atoms with Gasteiger partial charge in [0.1, 0.15) is 11.5 Å². The van der Waals surface area contributed by atoms with Crippen LogP contribution in [0.2, 0.25) is 0 Å². The number of nitrogen functional groups attached to an aromatic ring is 1. The fraction of sp³-hybridized carbons (Fsp3) is 0. The molecule has 0 aliphatic heterocycles. The molecule has 0 bridgehead atoms. The summed E-state index contributed by atoms with van der Waals surface area (Å²) < 4.78 is 2.55. The molecule has 0 amide bonds. The van der Waals surface area contributed by atoms with Gasteiger partial charge in [0, 0.05) is 11.8 Å². The molecule has 92 valence electrons. The Labute approximate surface area is 122 Å². The van der Waals surface area contributed by atoms with Gasteiger partial charge in [0.05, 0.1) is 15.2 Å². The van der Waals surface area contributed by atoms with Crippen molar-refractivity contribution in [3.8, 4) is 17.3 Å². The zero-order valence-electron chi connectivity index (χ0n) is 9.71. The van der Waals surface area contributed by atoms with Gasteiger partial charge in [-0.1, -0.05) is 18.2 Å². The van der Waals surface area contributed by atoms with Gasteiger partial charge in [-0.3, -0.25) is 0 Å². The molecule has 6 heteroatoms.